The van der Waals surface area contributed by atoms with Crippen LogP contribution in [-0.2, 0) is 16.1 Å². The first kappa shape index (κ1) is 12.5. The Morgan fingerprint density at radius 1 is 1.33 bits per heavy atom. The van der Waals surface area contributed by atoms with Crippen LogP contribution in [0, 0.1) is 0 Å². The molecule has 0 spiro atoms. The zero-order valence-corrected chi connectivity index (χ0v) is 10.2. The van der Waals surface area contributed by atoms with Crippen LogP contribution >= 0.6 is 0 Å². The molecule has 0 aromatic heterocycles. The number of rotatable bonds is 3. The van der Waals surface area contributed by atoms with Crippen LogP contribution in [0.5, 0.6) is 0 Å². The molecule has 1 aliphatic rings. The van der Waals surface area contributed by atoms with E-state index in [0.29, 0.717) is 18.9 Å². The first-order valence-corrected chi connectivity index (χ1v) is 5.89. The van der Waals surface area contributed by atoms with E-state index in [0.717, 1.165) is 5.56 Å². The Hall–Kier alpha value is -1.91. The van der Waals surface area contributed by atoms with Gasteiger partial charge in [-0.3, -0.25) is 4.94 Å². The predicted octanol–water partition coefficient (Wildman–Crippen LogP) is 2.35. The quantitative estimate of drug-likeness (QED) is 0.826. The fourth-order valence-electron chi connectivity index (χ4n) is 1.83. The highest BCUT2D eigenvalue weighted by atomic mass is 19.3. The van der Waals surface area contributed by atoms with Crippen molar-refractivity contribution in [2.75, 3.05) is 13.2 Å². The molecule has 1 heterocycles. The zero-order chi connectivity index (χ0) is 12.8. The lowest BCUT2D eigenvalue weighted by Gasteiger charge is -2.19. The first-order valence-electron chi connectivity index (χ1n) is 5.89. The van der Waals surface area contributed by atoms with E-state index >= 15 is 0 Å². The summed E-state index contributed by atoms with van der Waals surface area (Å²) >= 11 is 0. The fourth-order valence-corrected chi connectivity index (χ4v) is 1.83. The highest BCUT2D eigenvalue weighted by Gasteiger charge is 2.23. The minimum Gasteiger partial charge on any atom is -0.480 e. The Bertz CT molecular complexity index is 446. The summed E-state index contributed by atoms with van der Waals surface area (Å²) in [5.41, 5.74) is 1.10. The molecule has 5 heteroatoms. The third-order valence-electron chi connectivity index (χ3n) is 2.61. The lowest BCUT2D eigenvalue weighted by atomic mass is 10.1. The fraction of sp³-hybridized carbons (Fsp3) is 0.385. The van der Waals surface area contributed by atoms with Gasteiger partial charge in [0.1, 0.15) is 12.6 Å². The van der Waals surface area contributed by atoms with Gasteiger partial charge in [-0.2, -0.15) is 0 Å². The second kappa shape index (κ2) is 6.14. The minimum atomic E-state index is -0.313. The van der Waals surface area contributed by atoms with E-state index < -0.39 is 0 Å². The van der Waals surface area contributed by atoms with Crippen molar-refractivity contribution in [3.8, 4) is 0 Å². The zero-order valence-electron chi connectivity index (χ0n) is 10.2. The van der Waals surface area contributed by atoms with Crippen LogP contribution in [0.3, 0.4) is 0 Å². The summed E-state index contributed by atoms with van der Waals surface area (Å²) in [4.78, 5) is 12.0. The number of nitrogens with zero attached hydrogens (tertiary/aromatic N) is 2. The molecule has 1 aromatic carbocycles. The number of hydrogen-bond donors (Lipinski definition) is 0. The predicted molar refractivity (Wildman–Crippen MR) is 67.5 cm³/mol. The summed E-state index contributed by atoms with van der Waals surface area (Å²) in [5.74, 6) is 0.543. The molecule has 96 valence electrons. The topological polar surface area (TPSA) is 43.2 Å². The third kappa shape index (κ3) is 3.06. The molecule has 0 N–H and O–H groups in total. The van der Waals surface area contributed by atoms with E-state index in [-0.39, 0.29) is 18.5 Å². The molecular weight excluding hydrogens is 235 g/mol. The monoisotopic (exact) mass is 250 g/mol. The van der Waals surface area contributed by atoms with E-state index in [1.807, 2.05) is 37.3 Å². The minimum absolute atomic E-state index is 0.000570. The van der Waals surface area contributed by atoms with Gasteiger partial charge in [0.25, 0.3) is 5.90 Å². The highest BCUT2D eigenvalue weighted by molar-refractivity contribution is 5.91. The Morgan fingerprint density at radius 3 is 2.78 bits per heavy atom. The van der Waals surface area contributed by atoms with Gasteiger partial charge in [0.15, 0.2) is 0 Å². The summed E-state index contributed by atoms with van der Waals surface area (Å²) in [7, 11) is 0. The van der Waals surface area contributed by atoms with Crippen LogP contribution in [0.1, 0.15) is 12.5 Å². The largest absolute Gasteiger partial charge is 0.480 e. The van der Waals surface area contributed by atoms with Crippen LogP contribution in [0.15, 0.2) is 40.3 Å². The third-order valence-corrected chi connectivity index (χ3v) is 2.61. The number of ether oxygens (including phenoxy) is 1. The van der Waals surface area contributed by atoms with Crippen molar-refractivity contribution >= 4 is 11.8 Å². The van der Waals surface area contributed by atoms with Gasteiger partial charge in [-0.1, -0.05) is 30.3 Å². The molecule has 0 fully saturated rings. The molecule has 1 unspecified atom stereocenters. The molecular formula is C13H15FN2O2. The van der Waals surface area contributed by atoms with Crippen molar-refractivity contribution in [2.24, 2.45) is 9.98 Å². The van der Waals surface area contributed by atoms with Crippen LogP contribution < -0.4 is 0 Å². The maximum Gasteiger partial charge on any atom is 0.256 e. The Balaban J connectivity index is 2.13. The molecule has 18 heavy (non-hydrogen) atoms. The number of halogens is 1. The maximum atomic E-state index is 12.2. The van der Waals surface area contributed by atoms with Crippen LogP contribution in [0.2, 0.25) is 0 Å². The van der Waals surface area contributed by atoms with Gasteiger partial charge in [-0.05, 0) is 12.5 Å². The lowest BCUT2D eigenvalue weighted by molar-refractivity contribution is -0.0265. The molecule has 0 saturated carbocycles. The standard InChI is InChI=1S/C13H15FN2O2/c1-2-17-13-11(16-12(18-14)9-15-13)8-10-6-4-3-5-7-10/h3-7,11H,2,8-9H2,1H3. The van der Waals surface area contributed by atoms with Crippen LogP contribution in [0.4, 0.5) is 4.53 Å². The van der Waals surface area contributed by atoms with Gasteiger partial charge in [-0.15, -0.1) is 0 Å². The molecule has 0 saturated heterocycles. The lowest BCUT2D eigenvalue weighted by Crippen LogP contribution is -2.31. The van der Waals surface area contributed by atoms with Gasteiger partial charge >= 0.3 is 0 Å². The Labute approximate surface area is 105 Å². The molecule has 1 aliphatic heterocycles. The van der Waals surface area contributed by atoms with Gasteiger partial charge in [-0.25, -0.2) is 9.98 Å². The maximum absolute atomic E-state index is 12.2. The second-order valence-electron chi connectivity index (χ2n) is 3.89. The SMILES string of the molecule is CCOC1=NCC(OF)=NC1Cc1ccccc1. The van der Waals surface area contributed by atoms with E-state index in [2.05, 4.69) is 14.9 Å². The number of benzene rings is 1. The number of aliphatic imine (C=N–C) groups is 2. The Morgan fingerprint density at radius 2 is 2.11 bits per heavy atom. The molecule has 4 nitrogen and oxygen atoms in total. The number of hydrogen-bond acceptors (Lipinski definition) is 4. The summed E-state index contributed by atoms with van der Waals surface area (Å²) in [5, 5.41) is 0. The molecule has 2 rings (SSSR count). The summed E-state index contributed by atoms with van der Waals surface area (Å²) in [6.45, 7) is 2.50. The normalized spacial score (nSPS) is 18.9. The molecule has 0 bridgehead atoms. The Kier molecular flexibility index (Phi) is 4.28. The average Bonchev–Trinajstić information content (AvgIpc) is 2.42. The van der Waals surface area contributed by atoms with Gasteiger partial charge in [0, 0.05) is 10.9 Å². The van der Waals surface area contributed by atoms with Crippen molar-refractivity contribution < 1.29 is 14.2 Å². The van der Waals surface area contributed by atoms with Gasteiger partial charge < -0.3 is 4.74 Å². The van der Waals surface area contributed by atoms with E-state index in [1.165, 1.54) is 0 Å². The summed E-state index contributed by atoms with van der Waals surface area (Å²) in [6, 6.07) is 9.51. The summed E-state index contributed by atoms with van der Waals surface area (Å²) in [6.07, 6.45) is 0.618. The van der Waals surface area contributed by atoms with Gasteiger partial charge in [0.05, 0.1) is 6.61 Å². The van der Waals surface area contributed by atoms with E-state index in [4.69, 9.17) is 4.74 Å². The highest BCUT2D eigenvalue weighted by Crippen LogP contribution is 2.12. The van der Waals surface area contributed by atoms with Gasteiger partial charge in [0.2, 0.25) is 5.90 Å². The molecule has 1 atom stereocenters. The van der Waals surface area contributed by atoms with Crippen LogP contribution in [0.25, 0.3) is 0 Å². The molecule has 1 aromatic rings. The molecule has 0 amide bonds. The molecule has 0 aliphatic carbocycles. The van der Waals surface area contributed by atoms with Crippen molar-refractivity contribution in [1.29, 1.82) is 0 Å². The smallest absolute Gasteiger partial charge is 0.256 e. The van der Waals surface area contributed by atoms with Crippen molar-refractivity contribution in [3.05, 3.63) is 35.9 Å². The summed E-state index contributed by atoms with van der Waals surface area (Å²) < 4.78 is 17.6. The van der Waals surface area contributed by atoms with Crippen LogP contribution in [-0.4, -0.2) is 31.0 Å². The van der Waals surface area contributed by atoms with E-state index in [9.17, 15) is 4.53 Å². The van der Waals surface area contributed by atoms with Crippen molar-refractivity contribution in [3.63, 3.8) is 0 Å². The van der Waals surface area contributed by atoms with Crippen molar-refractivity contribution in [1.82, 2.24) is 0 Å². The second-order valence-corrected chi connectivity index (χ2v) is 3.89. The first-order chi connectivity index (χ1) is 8.83. The van der Waals surface area contributed by atoms with E-state index in [1.54, 1.807) is 0 Å². The molecule has 0 radical (unpaired) electrons. The average molecular weight is 250 g/mol. The van der Waals surface area contributed by atoms with Crippen molar-refractivity contribution in [2.45, 2.75) is 19.4 Å².